The van der Waals surface area contributed by atoms with Gasteiger partial charge in [-0.2, -0.15) is 0 Å². The number of rotatable bonds is 3. The van der Waals surface area contributed by atoms with E-state index in [-0.39, 0.29) is 0 Å². The maximum absolute atomic E-state index is 11.4. The highest BCUT2D eigenvalue weighted by Gasteiger charge is 2.17. The van der Waals surface area contributed by atoms with Gasteiger partial charge < -0.3 is 16.2 Å². The number of hydrogen-bond acceptors (Lipinski definition) is 4. The second-order valence-corrected chi connectivity index (χ2v) is 3.60. The van der Waals surface area contributed by atoms with Crippen molar-refractivity contribution in [2.75, 3.05) is 5.73 Å². The van der Waals surface area contributed by atoms with Crippen LogP contribution in [0.15, 0.2) is 18.2 Å². The summed E-state index contributed by atoms with van der Waals surface area (Å²) < 4.78 is 5.34. The first kappa shape index (κ1) is 12.8. The van der Waals surface area contributed by atoms with Crippen molar-refractivity contribution in [3.8, 4) is 5.75 Å². The van der Waals surface area contributed by atoms with E-state index in [0.717, 1.165) is 5.56 Å². The summed E-state index contributed by atoms with van der Waals surface area (Å²) in [6, 6.07) is 4.33. The van der Waals surface area contributed by atoms with Crippen LogP contribution in [-0.2, 0) is 4.79 Å². The predicted molar refractivity (Wildman–Crippen MR) is 63.4 cm³/mol. The van der Waals surface area contributed by atoms with E-state index in [1.54, 1.807) is 12.1 Å². The second-order valence-electron chi connectivity index (χ2n) is 3.60. The molecule has 17 heavy (non-hydrogen) atoms. The molecule has 0 saturated carbocycles. The Morgan fingerprint density at radius 1 is 1.41 bits per heavy atom. The molecule has 0 bridgehead atoms. The van der Waals surface area contributed by atoms with Crippen LogP contribution in [0, 0.1) is 6.92 Å². The summed E-state index contributed by atoms with van der Waals surface area (Å²) >= 11 is 0. The van der Waals surface area contributed by atoms with Crippen LogP contribution in [-0.4, -0.2) is 18.0 Å². The minimum atomic E-state index is -0.914. The van der Waals surface area contributed by atoms with Crippen LogP contribution < -0.4 is 21.5 Å². The van der Waals surface area contributed by atoms with Crippen molar-refractivity contribution in [2.24, 2.45) is 5.73 Å². The number of ether oxygens (including phenoxy) is 1. The van der Waals surface area contributed by atoms with Crippen molar-refractivity contribution < 1.29 is 14.3 Å². The standard InChI is InChI=1S/C11H15N3O3/c1-6-4-3-5-8(9(6)12)17-7(2)10(15)14-11(13)16/h3-5,7H,12H2,1-2H3,(H3,13,14,15,16). The monoisotopic (exact) mass is 237 g/mol. The van der Waals surface area contributed by atoms with E-state index in [1.807, 2.05) is 18.3 Å². The molecule has 5 N–H and O–H groups in total. The maximum Gasteiger partial charge on any atom is 0.318 e. The molecule has 0 aliphatic heterocycles. The van der Waals surface area contributed by atoms with E-state index in [1.165, 1.54) is 6.92 Å². The number of aryl methyl sites for hydroxylation is 1. The lowest BCUT2D eigenvalue weighted by Gasteiger charge is -2.15. The summed E-state index contributed by atoms with van der Waals surface area (Å²) in [5.41, 5.74) is 11.9. The minimum Gasteiger partial charge on any atom is -0.479 e. The number of imide groups is 1. The molecule has 0 spiro atoms. The molecule has 6 heteroatoms. The number of urea groups is 1. The summed E-state index contributed by atoms with van der Waals surface area (Å²) in [4.78, 5) is 21.9. The zero-order valence-corrected chi connectivity index (χ0v) is 9.69. The van der Waals surface area contributed by atoms with Crippen molar-refractivity contribution in [1.29, 1.82) is 0 Å². The van der Waals surface area contributed by atoms with Gasteiger partial charge in [-0.25, -0.2) is 4.79 Å². The van der Waals surface area contributed by atoms with Crippen LogP contribution in [0.3, 0.4) is 0 Å². The maximum atomic E-state index is 11.4. The molecule has 0 saturated heterocycles. The molecule has 1 atom stereocenters. The summed E-state index contributed by atoms with van der Waals surface area (Å²) in [6.45, 7) is 3.33. The van der Waals surface area contributed by atoms with E-state index >= 15 is 0 Å². The number of hydrogen-bond donors (Lipinski definition) is 3. The van der Waals surface area contributed by atoms with E-state index in [4.69, 9.17) is 16.2 Å². The van der Waals surface area contributed by atoms with Crippen molar-refractivity contribution in [3.63, 3.8) is 0 Å². The first-order valence-corrected chi connectivity index (χ1v) is 5.04. The summed E-state index contributed by atoms with van der Waals surface area (Å²) in [5, 5.41) is 1.93. The van der Waals surface area contributed by atoms with Crippen LogP contribution in [0.2, 0.25) is 0 Å². The van der Waals surface area contributed by atoms with Crippen LogP contribution in [0.5, 0.6) is 5.75 Å². The number of nitrogens with one attached hydrogen (secondary N) is 1. The highest BCUT2D eigenvalue weighted by atomic mass is 16.5. The zero-order valence-electron chi connectivity index (χ0n) is 9.69. The highest BCUT2D eigenvalue weighted by molar-refractivity contribution is 5.95. The third-order valence-corrected chi connectivity index (χ3v) is 2.20. The summed E-state index contributed by atoms with van der Waals surface area (Å²) in [6.07, 6.45) is -0.855. The molecule has 0 radical (unpaired) electrons. The number of amides is 3. The third-order valence-electron chi connectivity index (χ3n) is 2.20. The SMILES string of the molecule is Cc1cccc(OC(C)C(=O)NC(N)=O)c1N. The Kier molecular flexibility index (Phi) is 3.92. The fourth-order valence-corrected chi connectivity index (χ4v) is 1.22. The van der Waals surface area contributed by atoms with Gasteiger partial charge in [0.15, 0.2) is 6.10 Å². The smallest absolute Gasteiger partial charge is 0.318 e. The quantitative estimate of drug-likeness (QED) is 0.667. The van der Waals surface area contributed by atoms with E-state index in [0.29, 0.717) is 11.4 Å². The average Bonchev–Trinajstić information content (AvgIpc) is 2.23. The average molecular weight is 237 g/mol. The molecule has 3 amide bonds. The van der Waals surface area contributed by atoms with Gasteiger partial charge in [0, 0.05) is 0 Å². The second kappa shape index (κ2) is 5.20. The molecule has 0 aliphatic rings. The van der Waals surface area contributed by atoms with Crippen molar-refractivity contribution in [2.45, 2.75) is 20.0 Å². The third kappa shape index (κ3) is 3.37. The van der Waals surface area contributed by atoms with Gasteiger partial charge in [0.05, 0.1) is 5.69 Å². The number of nitrogens with two attached hydrogens (primary N) is 2. The number of anilines is 1. The van der Waals surface area contributed by atoms with Gasteiger partial charge in [-0.15, -0.1) is 0 Å². The Morgan fingerprint density at radius 2 is 2.06 bits per heavy atom. The van der Waals surface area contributed by atoms with E-state index in [2.05, 4.69) is 0 Å². The Bertz CT molecular complexity index is 446. The first-order valence-electron chi connectivity index (χ1n) is 5.04. The largest absolute Gasteiger partial charge is 0.479 e. The molecule has 0 aliphatic carbocycles. The van der Waals surface area contributed by atoms with Gasteiger partial charge in [-0.3, -0.25) is 10.1 Å². The van der Waals surface area contributed by atoms with Crippen molar-refractivity contribution in [3.05, 3.63) is 23.8 Å². The van der Waals surface area contributed by atoms with Gasteiger partial charge in [-0.1, -0.05) is 12.1 Å². The molecular weight excluding hydrogens is 222 g/mol. The molecule has 6 nitrogen and oxygen atoms in total. The molecule has 1 unspecified atom stereocenters. The van der Waals surface area contributed by atoms with Crippen molar-refractivity contribution >= 4 is 17.6 Å². The molecular formula is C11H15N3O3. The van der Waals surface area contributed by atoms with Crippen LogP contribution in [0.25, 0.3) is 0 Å². The highest BCUT2D eigenvalue weighted by Crippen LogP contribution is 2.25. The van der Waals surface area contributed by atoms with E-state index in [9.17, 15) is 9.59 Å². The Labute approximate surface area is 98.9 Å². The molecule has 1 aromatic carbocycles. The fourth-order valence-electron chi connectivity index (χ4n) is 1.22. The topological polar surface area (TPSA) is 107 Å². The summed E-state index contributed by atoms with van der Waals surface area (Å²) in [5.74, 6) is -0.212. The van der Waals surface area contributed by atoms with Gasteiger partial charge in [0.2, 0.25) is 0 Å². The molecule has 0 heterocycles. The molecule has 0 fully saturated rings. The number of nitrogen functional groups attached to an aromatic ring is 1. The lowest BCUT2D eigenvalue weighted by atomic mass is 10.2. The molecule has 0 aromatic heterocycles. The number of benzene rings is 1. The van der Waals surface area contributed by atoms with Gasteiger partial charge in [0.25, 0.3) is 5.91 Å². The van der Waals surface area contributed by atoms with Crippen LogP contribution >= 0.6 is 0 Å². The lowest BCUT2D eigenvalue weighted by Crippen LogP contribution is -2.42. The molecule has 92 valence electrons. The normalized spacial score (nSPS) is 11.6. The Hall–Kier alpha value is -2.24. The van der Waals surface area contributed by atoms with Crippen molar-refractivity contribution in [1.82, 2.24) is 5.32 Å². The number of para-hydroxylation sites is 1. The van der Waals surface area contributed by atoms with Crippen LogP contribution in [0.1, 0.15) is 12.5 Å². The summed E-state index contributed by atoms with van der Waals surface area (Å²) in [7, 11) is 0. The number of primary amides is 1. The Balaban J connectivity index is 2.74. The van der Waals surface area contributed by atoms with E-state index < -0.39 is 18.0 Å². The van der Waals surface area contributed by atoms with Crippen LogP contribution in [0.4, 0.5) is 10.5 Å². The van der Waals surface area contributed by atoms with Gasteiger partial charge in [-0.05, 0) is 25.5 Å². The van der Waals surface area contributed by atoms with Gasteiger partial charge >= 0.3 is 6.03 Å². The predicted octanol–water partition coefficient (Wildman–Crippen LogP) is 0.539. The van der Waals surface area contributed by atoms with Gasteiger partial charge in [0.1, 0.15) is 5.75 Å². The number of carbonyl (C=O) groups is 2. The molecule has 1 rings (SSSR count). The lowest BCUT2D eigenvalue weighted by molar-refractivity contribution is -0.126. The number of carbonyl (C=O) groups excluding carboxylic acids is 2. The molecule has 1 aromatic rings. The Morgan fingerprint density at radius 3 is 2.65 bits per heavy atom. The first-order chi connectivity index (χ1) is 7.91. The minimum absolute atomic E-state index is 0.400. The zero-order chi connectivity index (χ0) is 13.0. The fraction of sp³-hybridized carbons (Fsp3) is 0.273.